The Balaban J connectivity index is 2.12. The predicted octanol–water partition coefficient (Wildman–Crippen LogP) is 3.07. The van der Waals surface area contributed by atoms with Crippen molar-refractivity contribution in [2.24, 2.45) is 7.05 Å². The normalized spacial score (nSPS) is 18.0. The number of piperidine rings is 1. The fourth-order valence-corrected chi connectivity index (χ4v) is 3.13. The third kappa shape index (κ3) is 2.60. The Hall–Kier alpha value is -1.57. The zero-order valence-corrected chi connectivity index (χ0v) is 13.3. The third-order valence-electron chi connectivity index (χ3n) is 3.85. The largest absolute Gasteiger partial charge is 0.342 e. The van der Waals surface area contributed by atoms with Crippen molar-refractivity contribution in [2.75, 3.05) is 18.0 Å². The fourth-order valence-electron chi connectivity index (χ4n) is 2.61. The highest BCUT2D eigenvalue weighted by Crippen LogP contribution is 2.30. The minimum atomic E-state index is -2.67. The summed E-state index contributed by atoms with van der Waals surface area (Å²) >= 11 is 3.19. The second-order valence-electron chi connectivity index (χ2n) is 5.40. The van der Waals surface area contributed by atoms with Gasteiger partial charge in [-0.1, -0.05) is 0 Å². The molecule has 0 spiro atoms. The number of fused-ring (bicyclic) bond motifs is 1. The van der Waals surface area contributed by atoms with E-state index < -0.39 is 17.3 Å². The van der Waals surface area contributed by atoms with Crippen LogP contribution in [0.25, 0.3) is 10.9 Å². The van der Waals surface area contributed by atoms with Crippen LogP contribution in [0.4, 0.5) is 19.1 Å². The van der Waals surface area contributed by atoms with Gasteiger partial charge in [-0.3, -0.25) is 9.36 Å². The van der Waals surface area contributed by atoms with Gasteiger partial charge in [-0.05, 0) is 28.1 Å². The Morgan fingerprint density at radius 1 is 1.27 bits per heavy atom. The zero-order chi connectivity index (χ0) is 16.1. The maximum Gasteiger partial charge on any atom is 0.262 e. The van der Waals surface area contributed by atoms with Crippen molar-refractivity contribution in [2.45, 2.75) is 18.8 Å². The molecule has 0 unspecified atom stereocenters. The van der Waals surface area contributed by atoms with Gasteiger partial charge in [-0.2, -0.15) is 0 Å². The van der Waals surface area contributed by atoms with Gasteiger partial charge < -0.3 is 4.90 Å². The first-order valence-electron chi connectivity index (χ1n) is 6.77. The van der Waals surface area contributed by atoms with Gasteiger partial charge in [-0.25, -0.2) is 18.2 Å². The minimum absolute atomic E-state index is 0.123. The van der Waals surface area contributed by atoms with Crippen LogP contribution in [0.5, 0.6) is 0 Å². The summed E-state index contributed by atoms with van der Waals surface area (Å²) in [4.78, 5) is 18.4. The van der Waals surface area contributed by atoms with Gasteiger partial charge in [0.25, 0.3) is 11.5 Å². The number of nitrogens with zero attached hydrogens (tertiary/aromatic N) is 3. The predicted molar refractivity (Wildman–Crippen MR) is 81.0 cm³/mol. The van der Waals surface area contributed by atoms with Crippen molar-refractivity contribution in [3.05, 3.63) is 32.8 Å². The number of hydrogen-bond acceptors (Lipinski definition) is 3. The number of aromatic nitrogens is 2. The summed E-state index contributed by atoms with van der Waals surface area (Å²) in [5.74, 6) is -2.89. The van der Waals surface area contributed by atoms with Gasteiger partial charge in [0.05, 0.1) is 10.9 Å². The van der Waals surface area contributed by atoms with Crippen LogP contribution in [0.2, 0.25) is 0 Å². The number of anilines is 1. The van der Waals surface area contributed by atoms with E-state index >= 15 is 0 Å². The molecule has 1 aromatic heterocycles. The fraction of sp³-hybridized carbons (Fsp3) is 0.429. The molecule has 2 heterocycles. The third-order valence-corrected chi connectivity index (χ3v) is 4.46. The highest BCUT2D eigenvalue weighted by Gasteiger charge is 2.35. The number of rotatable bonds is 1. The summed E-state index contributed by atoms with van der Waals surface area (Å²) in [5.41, 5.74) is -0.0747. The van der Waals surface area contributed by atoms with Crippen LogP contribution >= 0.6 is 15.9 Å². The number of hydrogen-bond donors (Lipinski definition) is 0. The molecule has 22 heavy (non-hydrogen) atoms. The first-order valence-corrected chi connectivity index (χ1v) is 7.56. The van der Waals surface area contributed by atoms with Gasteiger partial charge in [0, 0.05) is 37.5 Å². The molecule has 0 saturated carbocycles. The summed E-state index contributed by atoms with van der Waals surface area (Å²) in [6, 6.07) is 2.35. The maximum absolute atomic E-state index is 13.5. The van der Waals surface area contributed by atoms with E-state index in [1.54, 1.807) is 4.90 Å². The van der Waals surface area contributed by atoms with Crippen molar-refractivity contribution >= 4 is 32.8 Å². The topological polar surface area (TPSA) is 38.1 Å². The highest BCUT2D eigenvalue weighted by molar-refractivity contribution is 9.10. The first kappa shape index (κ1) is 15.3. The highest BCUT2D eigenvalue weighted by atomic mass is 79.9. The van der Waals surface area contributed by atoms with Crippen LogP contribution in [-0.2, 0) is 7.05 Å². The molecule has 0 atom stereocenters. The van der Waals surface area contributed by atoms with Crippen molar-refractivity contribution in [1.82, 2.24) is 9.55 Å². The van der Waals surface area contributed by atoms with Crippen LogP contribution in [0.1, 0.15) is 12.8 Å². The van der Waals surface area contributed by atoms with Gasteiger partial charge in [0.2, 0.25) is 5.95 Å². The average Bonchev–Trinajstić information content (AvgIpc) is 2.44. The molecule has 2 aromatic rings. The standard InChI is InChI=1S/C14H13BrF3N3O/c1-20-12(22)9-6-8(16)7-10(15)11(9)19-13(20)21-4-2-14(17,18)3-5-21/h6-7H,2-5H2,1H3. The summed E-state index contributed by atoms with van der Waals surface area (Å²) in [7, 11) is 1.51. The van der Waals surface area contributed by atoms with E-state index in [4.69, 9.17) is 0 Å². The van der Waals surface area contributed by atoms with Crippen molar-refractivity contribution in [1.29, 1.82) is 0 Å². The quantitative estimate of drug-likeness (QED) is 0.768. The van der Waals surface area contributed by atoms with Crippen molar-refractivity contribution in [3.63, 3.8) is 0 Å². The molecule has 0 bridgehead atoms. The average molecular weight is 376 g/mol. The molecule has 1 aromatic carbocycles. The second kappa shape index (κ2) is 5.26. The molecule has 0 radical (unpaired) electrons. The molecule has 0 amide bonds. The van der Waals surface area contributed by atoms with Gasteiger partial charge in [0.15, 0.2) is 0 Å². The Kier molecular flexibility index (Phi) is 3.66. The smallest absolute Gasteiger partial charge is 0.262 e. The zero-order valence-electron chi connectivity index (χ0n) is 11.7. The number of halogens is 4. The SMILES string of the molecule is Cn1c(N2CCC(F)(F)CC2)nc2c(Br)cc(F)cc2c1=O. The summed E-state index contributed by atoms with van der Waals surface area (Å²) in [6.07, 6.45) is -0.545. The lowest BCUT2D eigenvalue weighted by Gasteiger charge is -2.33. The lowest BCUT2D eigenvalue weighted by atomic mass is 10.1. The minimum Gasteiger partial charge on any atom is -0.342 e. The molecule has 1 aliphatic heterocycles. The van der Waals surface area contributed by atoms with E-state index in [2.05, 4.69) is 20.9 Å². The van der Waals surface area contributed by atoms with Crippen molar-refractivity contribution in [3.8, 4) is 0 Å². The molecule has 3 rings (SSSR count). The number of alkyl halides is 2. The summed E-state index contributed by atoms with van der Waals surface area (Å²) < 4.78 is 41.6. The molecule has 118 valence electrons. The Labute approximate surface area is 132 Å². The van der Waals surface area contributed by atoms with Crippen LogP contribution < -0.4 is 10.5 Å². The maximum atomic E-state index is 13.5. The van der Waals surface area contributed by atoms with Gasteiger partial charge >= 0.3 is 0 Å². The van der Waals surface area contributed by atoms with E-state index in [0.29, 0.717) is 15.9 Å². The molecule has 0 aliphatic carbocycles. The molecule has 1 fully saturated rings. The Bertz CT molecular complexity index is 796. The molecule has 1 aliphatic rings. The van der Waals surface area contributed by atoms with E-state index in [0.717, 1.165) is 6.07 Å². The summed E-state index contributed by atoms with van der Waals surface area (Å²) in [5, 5.41) is 0.153. The van der Waals surface area contributed by atoms with E-state index in [9.17, 15) is 18.0 Å². The lowest BCUT2D eigenvalue weighted by molar-refractivity contribution is -0.0223. The Morgan fingerprint density at radius 2 is 1.91 bits per heavy atom. The molecule has 8 heteroatoms. The molecular formula is C14H13BrF3N3O. The first-order chi connectivity index (χ1) is 10.3. The van der Waals surface area contributed by atoms with E-state index in [1.165, 1.54) is 17.7 Å². The van der Waals surface area contributed by atoms with Crippen LogP contribution in [0, 0.1) is 5.82 Å². The van der Waals surface area contributed by atoms with E-state index in [1.807, 2.05) is 0 Å². The molecule has 4 nitrogen and oxygen atoms in total. The second-order valence-corrected chi connectivity index (χ2v) is 6.26. The van der Waals surface area contributed by atoms with E-state index in [-0.39, 0.29) is 31.3 Å². The Morgan fingerprint density at radius 3 is 2.55 bits per heavy atom. The van der Waals surface area contributed by atoms with Crippen molar-refractivity contribution < 1.29 is 13.2 Å². The molecule has 0 N–H and O–H groups in total. The van der Waals surface area contributed by atoms with Gasteiger partial charge in [0.1, 0.15) is 5.82 Å². The lowest BCUT2D eigenvalue weighted by Crippen LogP contribution is -2.42. The number of benzene rings is 1. The van der Waals surface area contributed by atoms with Crippen LogP contribution in [-0.4, -0.2) is 28.6 Å². The monoisotopic (exact) mass is 375 g/mol. The van der Waals surface area contributed by atoms with Crippen LogP contribution in [0.15, 0.2) is 21.4 Å². The van der Waals surface area contributed by atoms with Crippen LogP contribution in [0.3, 0.4) is 0 Å². The molecular weight excluding hydrogens is 363 g/mol. The van der Waals surface area contributed by atoms with Gasteiger partial charge in [-0.15, -0.1) is 0 Å². The molecule has 1 saturated heterocycles. The summed E-state index contributed by atoms with van der Waals surface area (Å²) in [6.45, 7) is 0.245.